The molecule has 2 saturated heterocycles. The molecule has 2 fully saturated rings. The van der Waals surface area contributed by atoms with Crippen molar-refractivity contribution in [1.82, 2.24) is 4.90 Å². The SMILES string of the molecule is COCCC1COC2(C1)CN(C(=O)Cc1ccc(C)cc1)C2. The molecule has 22 heavy (non-hydrogen) atoms. The molecule has 1 spiro atoms. The molecule has 2 aliphatic rings. The fraction of sp³-hybridized carbons (Fsp3) is 0.611. The van der Waals surface area contributed by atoms with Gasteiger partial charge in [-0.2, -0.15) is 0 Å². The molecule has 2 heterocycles. The molecule has 1 aromatic rings. The van der Waals surface area contributed by atoms with Crippen LogP contribution in [0.4, 0.5) is 0 Å². The molecule has 3 rings (SSSR count). The van der Waals surface area contributed by atoms with Crippen molar-refractivity contribution in [2.24, 2.45) is 5.92 Å². The number of aryl methyl sites for hydroxylation is 1. The Bertz CT molecular complexity index is 520. The first-order valence-electron chi connectivity index (χ1n) is 8.06. The fourth-order valence-electron chi connectivity index (χ4n) is 3.45. The zero-order valence-electron chi connectivity index (χ0n) is 13.5. The molecule has 4 heteroatoms. The van der Waals surface area contributed by atoms with Gasteiger partial charge in [-0.3, -0.25) is 4.79 Å². The van der Waals surface area contributed by atoms with Crippen LogP contribution in [0.1, 0.15) is 24.0 Å². The number of hydrogen-bond donors (Lipinski definition) is 0. The van der Waals surface area contributed by atoms with Crippen molar-refractivity contribution < 1.29 is 14.3 Å². The first-order valence-corrected chi connectivity index (χ1v) is 8.06. The number of hydrogen-bond acceptors (Lipinski definition) is 3. The number of likely N-dealkylation sites (tertiary alicyclic amines) is 1. The maximum Gasteiger partial charge on any atom is 0.227 e. The van der Waals surface area contributed by atoms with E-state index in [1.807, 2.05) is 17.0 Å². The number of rotatable bonds is 5. The largest absolute Gasteiger partial charge is 0.385 e. The van der Waals surface area contributed by atoms with E-state index in [1.54, 1.807) is 7.11 Å². The van der Waals surface area contributed by atoms with E-state index < -0.39 is 0 Å². The second-order valence-corrected chi connectivity index (χ2v) is 6.76. The topological polar surface area (TPSA) is 38.8 Å². The van der Waals surface area contributed by atoms with Crippen LogP contribution in [0.25, 0.3) is 0 Å². The molecule has 1 aromatic carbocycles. The molecular weight excluding hydrogens is 278 g/mol. The Labute approximate surface area is 132 Å². The lowest BCUT2D eigenvalue weighted by Gasteiger charge is -2.47. The summed E-state index contributed by atoms with van der Waals surface area (Å²) in [5.74, 6) is 0.785. The van der Waals surface area contributed by atoms with Gasteiger partial charge in [-0.25, -0.2) is 0 Å². The molecule has 0 saturated carbocycles. The summed E-state index contributed by atoms with van der Waals surface area (Å²) in [4.78, 5) is 14.3. The van der Waals surface area contributed by atoms with Gasteiger partial charge in [0.1, 0.15) is 5.60 Å². The minimum Gasteiger partial charge on any atom is -0.385 e. The first-order chi connectivity index (χ1) is 10.6. The average Bonchev–Trinajstić information content (AvgIpc) is 2.90. The molecular formula is C18H25NO3. The van der Waals surface area contributed by atoms with E-state index in [2.05, 4.69) is 19.1 Å². The van der Waals surface area contributed by atoms with Crippen molar-refractivity contribution in [2.45, 2.75) is 31.8 Å². The normalized spacial score (nSPS) is 22.8. The summed E-state index contributed by atoms with van der Waals surface area (Å²) in [7, 11) is 1.74. The van der Waals surface area contributed by atoms with Crippen LogP contribution in [0, 0.1) is 12.8 Å². The predicted molar refractivity (Wildman–Crippen MR) is 84.7 cm³/mol. The summed E-state index contributed by atoms with van der Waals surface area (Å²) < 4.78 is 11.1. The molecule has 1 amide bonds. The van der Waals surface area contributed by atoms with E-state index in [1.165, 1.54) is 5.56 Å². The van der Waals surface area contributed by atoms with Gasteiger partial charge in [0.2, 0.25) is 5.91 Å². The van der Waals surface area contributed by atoms with Crippen molar-refractivity contribution in [1.29, 1.82) is 0 Å². The summed E-state index contributed by atoms with van der Waals surface area (Å²) in [6.07, 6.45) is 2.60. The van der Waals surface area contributed by atoms with Gasteiger partial charge in [-0.1, -0.05) is 29.8 Å². The summed E-state index contributed by atoms with van der Waals surface area (Å²) >= 11 is 0. The Balaban J connectivity index is 1.47. The standard InChI is InChI=1S/C18H25NO3/c1-14-3-5-15(6-4-14)9-17(20)19-12-18(13-19)10-16(11-22-18)7-8-21-2/h3-6,16H,7-13H2,1-2H3. The van der Waals surface area contributed by atoms with Crippen molar-refractivity contribution in [3.8, 4) is 0 Å². The quantitative estimate of drug-likeness (QED) is 0.837. The number of carbonyl (C=O) groups excluding carboxylic acids is 1. The molecule has 1 unspecified atom stereocenters. The van der Waals surface area contributed by atoms with Crippen molar-refractivity contribution >= 4 is 5.91 Å². The molecule has 0 radical (unpaired) electrons. The molecule has 0 N–H and O–H groups in total. The van der Waals surface area contributed by atoms with Crippen LogP contribution in [0.3, 0.4) is 0 Å². The van der Waals surface area contributed by atoms with E-state index in [0.29, 0.717) is 12.3 Å². The second-order valence-electron chi connectivity index (χ2n) is 6.76. The number of carbonyl (C=O) groups is 1. The Hall–Kier alpha value is -1.39. The zero-order valence-corrected chi connectivity index (χ0v) is 13.5. The number of amides is 1. The Morgan fingerprint density at radius 1 is 1.36 bits per heavy atom. The Kier molecular flexibility index (Phi) is 4.50. The van der Waals surface area contributed by atoms with Crippen molar-refractivity contribution in [3.05, 3.63) is 35.4 Å². The van der Waals surface area contributed by atoms with Gasteiger partial charge in [0, 0.05) is 13.7 Å². The van der Waals surface area contributed by atoms with E-state index in [4.69, 9.17) is 9.47 Å². The highest BCUT2D eigenvalue weighted by molar-refractivity contribution is 5.80. The van der Waals surface area contributed by atoms with Crippen LogP contribution in [0.5, 0.6) is 0 Å². The zero-order chi connectivity index (χ0) is 15.6. The fourth-order valence-corrected chi connectivity index (χ4v) is 3.45. The minimum absolute atomic E-state index is 0.0681. The molecule has 1 atom stereocenters. The lowest BCUT2D eigenvalue weighted by atomic mass is 9.85. The molecule has 120 valence electrons. The van der Waals surface area contributed by atoms with E-state index in [0.717, 1.165) is 44.7 Å². The van der Waals surface area contributed by atoms with Crippen LogP contribution < -0.4 is 0 Å². The predicted octanol–water partition coefficient (Wildman–Crippen LogP) is 2.19. The van der Waals surface area contributed by atoms with Crippen LogP contribution >= 0.6 is 0 Å². The summed E-state index contributed by atoms with van der Waals surface area (Å²) in [6.45, 7) is 5.16. The van der Waals surface area contributed by atoms with Crippen LogP contribution in [-0.4, -0.2) is 49.8 Å². The van der Waals surface area contributed by atoms with E-state index in [-0.39, 0.29) is 11.5 Å². The maximum atomic E-state index is 12.3. The van der Waals surface area contributed by atoms with Gasteiger partial charge in [-0.15, -0.1) is 0 Å². The lowest BCUT2D eigenvalue weighted by molar-refractivity contribution is -0.157. The minimum atomic E-state index is -0.0681. The van der Waals surface area contributed by atoms with Gasteiger partial charge in [0.15, 0.2) is 0 Å². The third kappa shape index (κ3) is 3.33. The number of nitrogens with zero attached hydrogens (tertiary/aromatic N) is 1. The number of ether oxygens (including phenoxy) is 2. The maximum absolute atomic E-state index is 12.3. The van der Waals surface area contributed by atoms with Gasteiger partial charge in [-0.05, 0) is 31.2 Å². The van der Waals surface area contributed by atoms with E-state index in [9.17, 15) is 4.79 Å². The van der Waals surface area contributed by atoms with Crippen LogP contribution in [0.2, 0.25) is 0 Å². The molecule has 0 bridgehead atoms. The monoisotopic (exact) mass is 303 g/mol. The highest BCUT2D eigenvalue weighted by Crippen LogP contribution is 2.39. The Morgan fingerprint density at radius 3 is 2.77 bits per heavy atom. The van der Waals surface area contributed by atoms with Gasteiger partial charge in [0.05, 0.1) is 26.1 Å². The van der Waals surface area contributed by atoms with Gasteiger partial charge >= 0.3 is 0 Å². The third-order valence-corrected chi connectivity index (χ3v) is 4.80. The third-order valence-electron chi connectivity index (χ3n) is 4.80. The van der Waals surface area contributed by atoms with Crippen LogP contribution in [-0.2, 0) is 20.7 Å². The van der Waals surface area contributed by atoms with Gasteiger partial charge < -0.3 is 14.4 Å². The molecule has 4 nitrogen and oxygen atoms in total. The molecule has 0 aromatic heterocycles. The Morgan fingerprint density at radius 2 is 2.09 bits per heavy atom. The molecule has 2 aliphatic heterocycles. The van der Waals surface area contributed by atoms with E-state index >= 15 is 0 Å². The highest BCUT2D eigenvalue weighted by atomic mass is 16.5. The molecule has 0 aliphatic carbocycles. The first kappa shape index (κ1) is 15.5. The average molecular weight is 303 g/mol. The van der Waals surface area contributed by atoms with Gasteiger partial charge in [0.25, 0.3) is 0 Å². The van der Waals surface area contributed by atoms with Crippen molar-refractivity contribution in [3.63, 3.8) is 0 Å². The number of methoxy groups -OCH3 is 1. The van der Waals surface area contributed by atoms with Crippen molar-refractivity contribution in [2.75, 3.05) is 33.4 Å². The smallest absolute Gasteiger partial charge is 0.227 e. The summed E-state index contributed by atoms with van der Waals surface area (Å²) in [5, 5.41) is 0. The summed E-state index contributed by atoms with van der Waals surface area (Å²) in [6, 6.07) is 8.19. The lowest BCUT2D eigenvalue weighted by Crippen LogP contribution is -2.63. The number of benzene rings is 1. The van der Waals surface area contributed by atoms with Crippen LogP contribution in [0.15, 0.2) is 24.3 Å². The second kappa shape index (κ2) is 6.39. The summed E-state index contributed by atoms with van der Waals surface area (Å²) in [5.41, 5.74) is 2.24. The highest BCUT2D eigenvalue weighted by Gasteiger charge is 2.50.